The zero-order chi connectivity index (χ0) is 12.1. The van der Waals surface area contributed by atoms with E-state index >= 15 is 0 Å². The highest BCUT2D eigenvalue weighted by Crippen LogP contribution is 2.24. The van der Waals surface area contributed by atoms with E-state index in [2.05, 4.69) is 36.1 Å². The fraction of sp³-hybridized carbons (Fsp3) is 0.600. The lowest BCUT2D eigenvalue weighted by Gasteiger charge is -2.44. The summed E-state index contributed by atoms with van der Waals surface area (Å²) in [5, 5.41) is 9.50. The highest BCUT2D eigenvalue weighted by molar-refractivity contribution is 5.16. The molecule has 1 aliphatic rings. The van der Waals surface area contributed by atoms with Crippen molar-refractivity contribution in [1.29, 1.82) is 0 Å². The van der Waals surface area contributed by atoms with E-state index in [1.807, 2.05) is 6.07 Å². The van der Waals surface area contributed by atoms with Crippen LogP contribution in [-0.2, 0) is 6.42 Å². The Kier molecular flexibility index (Phi) is 4.57. The molecule has 1 N–H and O–H groups in total. The van der Waals surface area contributed by atoms with Crippen molar-refractivity contribution in [3.05, 3.63) is 35.9 Å². The summed E-state index contributed by atoms with van der Waals surface area (Å²) in [6, 6.07) is 10.8. The Labute approximate surface area is 104 Å². The third kappa shape index (κ3) is 3.30. The zero-order valence-corrected chi connectivity index (χ0v) is 10.7. The van der Waals surface area contributed by atoms with Crippen molar-refractivity contribution in [2.75, 3.05) is 19.7 Å². The predicted molar refractivity (Wildman–Crippen MR) is 71.0 cm³/mol. The standard InChI is InChI=1S/C15H23NO/c1-2-6-14-10-16(11-14)15(12-17)9-13-7-4-3-5-8-13/h3-5,7-8,14-15,17H,2,6,9-12H2,1H3. The molecule has 2 nitrogen and oxygen atoms in total. The topological polar surface area (TPSA) is 23.5 Å². The summed E-state index contributed by atoms with van der Waals surface area (Å²) in [5.41, 5.74) is 1.32. The quantitative estimate of drug-likeness (QED) is 0.815. The maximum absolute atomic E-state index is 9.50. The van der Waals surface area contributed by atoms with Gasteiger partial charge in [0.2, 0.25) is 0 Å². The fourth-order valence-corrected chi connectivity index (χ4v) is 2.69. The van der Waals surface area contributed by atoms with Crippen molar-refractivity contribution in [3.8, 4) is 0 Å². The lowest BCUT2D eigenvalue weighted by molar-refractivity contribution is 0.0206. The molecule has 0 aliphatic carbocycles. The number of hydrogen-bond acceptors (Lipinski definition) is 2. The molecular weight excluding hydrogens is 210 g/mol. The molecule has 0 radical (unpaired) electrons. The van der Waals surface area contributed by atoms with E-state index in [9.17, 15) is 5.11 Å². The number of likely N-dealkylation sites (tertiary alicyclic amines) is 1. The van der Waals surface area contributed by atoms with Gasteiger partial charge in [-0.05, 0) is 24.3 Å². The van der Waals surface area contributed by atoms with Crippen LogP contribution in [0.25, 0.3) is 0 Å². The maximum Gasteiger partial charge on any atom is 0.0590 e. The molecule has 1 fully saturated rings. The molecule has 2 heteroatoms. The molecule has 17 heavy (non-hydrogen) atoms. The van der Waals surface area contributed by atoms with Crippen molar-refractivity contribution in [2.24, 2.45) is 5.92 Å². The Morgan fingerprint density at radius 2 is 2.00 bits per heavy atom. The summed E-state index contributed by atoms with van der Waals surface area (Å²) >= 11 is 0. The predicted octanol–water partition coefficient (Wildman–Crippen LogP) is 2.32. The number of aliphatic hydroxyl groups excluding tert-OH is 1. The van der Waals surface area contributed by atoms with Crippen LogP contribution in [-0.4, -0.2) is 35.7 Å². The molecule has 0 spiro atoms. The van der Waals surface area contributed by atoms with Gasteiger partial charge in [-0.25, -0.2) is 0 Å². The Balaban J connectivity index is 1.82. The molecule has 94 valence electrons. The van der Waals surface area contributed by atoms with Gasteiger partial charge in [0, 0.05) is 19.1 Å². The van der Waals surface area contributed by atoms with Crippen molar-refractivity contribution in [1.82, 2.24) is 4.90 Å². The molecule has 1 aromatic rings. The van der Waals surface area contributed by atoms with Crippen LogP contribution in [0.15, 0.2) is 30.3 Å². The summed E-state index contributed by atoms with van der Waals surface area (Å²) in [7, 11) is 0. The molecule has 1 heterocycles. The lowest BCUT2D eigenvalue weighted by atomic mass is 9.91. The van der Waals surface area contributed by atoms with E-state index in [1.165, 1.54) is 31.5 Å². The third-order valence-electron chi connectivity index (χ3n) is 3.72. The molecule has 1 aromatic carbocycles. The largest absolute Gasteiger partial charge is 0.395 e. The van der Waals surface area contributed by atoms with E-state index in [0.29, 0.717) is 6.04 Å². The molecule has 1 atom stereocenters. The molecule has 0 saturated carbocycles. The first kappa shape index (κ1) is 12.6. The fourth-order valence-electron chi connectivity index (χ4n) is 2.69. The van der Waals surface area contributed by atoms with Gasteiger partial charge in [-0.2, -0.15) is 0 Å². The number of rotatable bonds is 6. The zero-order valence-electron chi connectivity index (χ0n) is 10.7. The van der Waals surface area contributed by atoms with Gasteiger partial charge in [-0.15, -0.1) is 0 Å². The maximum atomic E-state index is 9.50. The average Bonchev–Trinajstić information content (AvgIpc) is 2.32. The van der Waals surface area contributed by atoms with Gasteiger partial charge < -0.3 is 5.11 Å². The summed E-state index contributed by atoms with van der Waals surface area (Å²) in [5.74, 6) is 0.866. The molecule has 0 bridgehead atoms. The number of benzene rings is 1. The first-order valence-electron chi connectivity index (χ1n) is 6.72. The first-order chi connectivity index (χ1) is 8.33. The van der Waals surface area contributed by atoms with E-state index < -0.39 is 0 Å². The number of aliphatic hydroxyl groups is 1. The Morgan fingerprint density at radius 3 is 2.59 bits per heavy atom. The van der Waals surface area contributed by atoms with Gasteiger partial charge >= 0.3 is 0 Å². The summed E-state index contributed by atoms with van der Waals surface area (Å²) in [6.45, 7) is 4.86. The van der Waals surface area contributed by atoms with E-state index in [4.69, 9.17) is 0 Å². The number of hydrogen-bond donors (Lipinski definition) is 1. The molecule has 0 amide bonds. The Hall–Kier alpha value is -0.860. The van der Waals surface area contributed by atoms with Crippen LogP contribution in [0, 0.1) is 5.92 Å². The highest BCUT2D eigenvalue weighted by atomic mass is 16.3. The highest BCUT2D eigenvalue weighted by Gasteiger charge is 2.31. The summed E-state index contributed by atoms with van der Waals surface area (Å²) in [6.07, 6.45) is 3.58. The van der Waals surface area contributed by atoms with Gasteiger partial charge in [-0.1, -0.05) is 43.7 Å². The first-order valence-corrected chi connectivity index (χ1v) is 6.72. The van der Waals surface area contributed by atoms with Crippen molar-refractivity contribution in [2.45, 2.75) is 32.2 Å². The van der Waals surface area contributed by atoms with Gasteiger partial charge in [0.15, 0.2) is 0 Å². The van der Waals surface area contributed by atoms with Crippen LogP contribution in [0.4, 0.5) is 0 Å². The van der Waals surface area contributed by atoms with Crippen LogP contribution < -0.4 is 0 Å². The second-order valence-corrected chi connectivity index (χ2v) is 5.13. The van der Waals surface area contributed by atoms with Gasteiger partial charge in [0.25, 0.3) is 0 Å². The minimum absolute atomic E-state index is 0.272. The normalized spacial score (nSPS) is 18.9. The summed E-state index contributed by atoms with van der Waals surface area (Å²) < 4.78 is 0. The molecular formula is C15H23NO. The minimum atomic E-state index is 0.272. The summed E-state index contributed by atoms with van der Waals surface area (Å²) in [4.78, 5) is 2.42. The Bertz CT molecular complexity index is 319. The van der Waals surface area contributed by atoms with Gasteiger partial charge in [0.1, 0.15) is 0 Å². The van der Waals surface area contributed by atoms with E-state index in [1.54, 1.807) is 0 Å². The van der Waals surface area contributed by atoms with E-state index in [-0.39, 0.29) is 6.61 Å². The van der Waals surface area contributed by atoms with Gasteiger partial charge in [0.05, 0.1) is 6.61 Å². The van der Waals surface area contributed by atoms with Crippen molar-refractivity contribution < 1.29 is 5.11 Å². The molecule has 0 aromatic heterocycles. The van der Waals surface area contributed by atoms with Crippen LogP contribution in [0.3, 0.4) is 0 Å². The van der Waals surface area contributed by atoms with E-state index in [0.717, 1.165) is 12.3 Å². The average molecular weight is 233 g/mol. The molecule has 1 aliphatic heterocycles. The monoisotopic (exact) mass is 233 g/mol. The smallest absolute Gasteiger partial charge is 0.0590 e. The second-order valence-electron chi connectivity index (χ2n) is 5.13. The SMILES string of the molecule is CCCC1CN(C(CO)Cc2ccccc2)C1. The molecule has 1 unspecified atom stereocenters. The molecule has 2 rings (SSSR count). The van der Waals surface area contributed by atoms with Gasteiger partial charge in [-0.3, -0.25) is 4.90 Å². The van der Waals surface area contributed by atoms with Crippen LogP contribution >= 0.6 is 0 Å². The number of nitrogens with zero attached hydrogens (tertiary/aromatic N) is 1. The van der Waals surface area contributed by atoms with Crippen molar-refractivity contribution in [3.63, 3.8) is 0 Å². The third-order valence-corrected chi connectivity index (χ3v) is 3.72. The van der Waals surface area contributed by atoms with Crippen LogP contribution in [0.1, 0.15) is 25.3 Å². The minimum Gasteiger partial charge on any atom is -0.395 e. The molecule has 1 saturated heterocycles. The van der Waals surface area contributed by atoms with Crippen molar-refractivity contribution >= 4 is 0 Å². The van der Waals surface area contributed by atoms with Crippen LogP contribution in [0.5, 0.6) is 0 Å². The van der Waals surface area contributed by atoms with Crippen LogP contribution in [0.2, 0.25) is 0 Å². The second kappa shape index (κ2) is 6.18. The lowest BCUT2D eigenvalue weighted by Crippen LogP contribution is -2.54. The Morgan fingerprint density at radius 1 is 1.29 bits per heavy atom.